The molecule has 2 amide bonds. The van der Waals surface area contributed by atoms with Gasteiger partial charge >= 0.3 is 17.8 Å². The number of nitrogens with one attached hydrogen (secondary N) is 2. The van der Waals surface area contributed by atoms with Crippen LogP contribution in [0.1, 0.15) is 123 Å². The van der Waals surface area contributed by atoms with Crippen molar-refractivity contribution in [1.82, 2.24) is 10.6 Å². The number of hydrogen-bond donors (Lipinski definition) is 3. The topological polar surface area (TPSA) is 127 Å². The predicted molar refractivity (Wildman–Crippen MR) is 170 cm³/mol. The molecule has 9 heteroatoms. The molecule has 0 aliphatic heterocycles. The Kier molecular flexibility index (Phi) is 9.05. The molecule has 5 saturated carbocycles. The fourth-order valence-corrected chi connectivity index (χ4v) is 10.6. The maximum Gasteiger partial charge on any atom is 0.407 e. The van der Waals surface area contributed by atoms with Crippen LogP contribution in [0.4, 0.5) is 9.59 Å². The maximum atomic E-state index is 12.9. The Bertz CT molecular complexity index is 1270. The standard InChI is InChI=1S/C36H54N2O7/c1-22(2)20-44-32(40)37-25-7-9-26(10-8-25)38-33(41)45-27-13-16-34(3)24(19-27)6-11-30-29(34)14-17-35(4)28(15-18-36(30,35)42)23-5-12-31(39)43-21-23/h5,12,21-22,24-30,42H,6-11,13-20H2,1-4H3,(H,37,40)(H,38,41)/t24-,25?,26?,27+,28-,29+,30-,34+,35-,36+/m1/s1. The summed E-state index contributed by atoms with van der Waals surface area (Å²) >= 11 is 0. The summed E-state index contributed by atoms with van der Waals surface area (Å²) in [6, 6.07) is 3.54. The van der Waals surface area contributed by atoms with Crippen LogP contribution in [0.25, 0.3) is 0 Å². The van der Waals surface area contributed by atoms with Crippen molar-refractivity contribution < 1.29 is 28.6 Å². The Hall–Kier alpha value is -2.55. The molecule has 0 bridgehead atoms. The van der Waals surface area contributed by atoms with E-state index in [2.05, 4.69) is 24.5 Å². The van der Waals surface area contributed by atoms with E-state index < -0.39 is 5.60 Å². The zero-order valence-corrected chi connectivity index (χ0v) is 27.6. The quantitative estimate of drug-likeness (QED) is 0.322. The van der Waals surface area contributed by atoms with Crippen molar-refractivity contribution in [3.05, 3.63) is 34.4 Å². The molecule has 1 aromatic rings. The number of rotatable bonds is 6. The summed E-state index contributed by atoms with van der Waals surface area (Å²) in [6.45, 7) is 9.15. The van der Waals surface area contributed by atoms with Crippen LogP contribution in [-0.4, -0.2) is 47.7 Å². The molecule has 3 N–H and O–H groups in total. The van der Waals surface area contributed by atoms with Crippen LogP contribution >= 0.6 is 0 Å². The van der Waals surface area contributed by atoms with E-state index in [0.29, 0.717) is 24.4 Å². The number of aliphatic hydroxyl groups is 1. The van der Waals surface area contributed by atoms with Crippen molar-refractivity contribution in [3.63, 3.8) is 0 Å². The largest absolute Gasteiger partial charge is 0.449 e. The lowest BCUT2D eigenvalue weighted by Gasteiger charge is -2.63. The monoisotopic (exact) mass is 626 g/mol. The summed E-state index contributed by atoms with van der Waals surface area (Å²) in [5.41, 5.74) is -0.117. The normalized spacial score (nSPS) is 40.9. The van der Waals surface area contributed by atoms with E-state index in [0.717, 1.165) is 89.0 Å². The molecule has 0 aromatic carbocycles. The molecule has 5 aliphatic rings. The zero-order valence-electron chi connectivity index (χ0n) is 27.6. The molecule has 1 heterocycles. The first-order valence-corrected chi connectivity index (χ1v) is 17.6. The van der Waals surface area contributed by atoms with E-state index in [1.165, 1.54) is 6.07 Å². The molecule has 0 saturated heterocycles. The highest BCUT2D eigenvalue weighted by Crippen LogP contribution is 2.70. The number of alkyl carbamates (subject to hydrolysis) is 2. The molecule has 250 valence electrons. The maximum absolute atomic E-state index is 12.9. The third kappa shape index (κ3) is 6.15. The highest BCUT2D eigenvalue weighted by Gasteiger charge is 2.67. The minimum absolute atomic E-state index is 0.0611. The summed E-state index contributed by atoms with van der Waals surface area (Å²) in [5, 5.41) is 18.5. The van der Waals surface area contributed by atoms with Gasteiger partial charge in [0.2, 0.25) is 0 Å². The zero-order chi connectivity index (χ0) is 32.0. The highest BCUT2D eigenvalue weighted by molar-refractivity contribution is 5.68. The Morgan fingerprint density at radius 2 is 1.62 bits per heavy atom. The van der Waals surface area contributed by atoms with Gasteiger partial charge in [-0.3, -0.25) is 0 Å². The summed E-state index contributed by atoms with van der Waals surface area (Å²) in [6.07, 6.45) is 12.7. The van der Waals surface area contributed by atoms with Gasteiger partial charge in [0.15, 0.2) is 0 Å². The molecule has 5 fully saturated rings. The van der Waals surface area contributed by atoms with Crippen LogP contribution < -0.4 is 16.3 Å². The number of fused-ring (bicyclic) bond motifs is 5. The van der Waals surface area contributed by atoms with E-state index >= 15 is 0 Å². The van der Waals surface area contributed by atoms with E-state index in [4.69, 9.17) is 13.9 Å². The van der Waals surface area contributed by atoms with Crippen molar-refractivity contribution in [2.45, 2.75) is 141 Å². The lowest BCUT2D eigenvalue weighted by molar-refractivity contribution is -0.205. The van der Waals surface area contributed by atoms with Gasteiger partial charge < -0.3 is 29.6 Å². The molecule has 9 nitrogen and oxygen atoms in total. The average Bonchev–Trinajstić information content (AvgIpc) is 3.28. The minimum atomic E-state index is -0.721. The lowest BCUT2D eigenvalue weighted by Crippen LogP contribution is -2.62. The van der Waals surface area contributed by atoms with Crippen LogP contribution in [0, 0.1) is 34.5 Å². The Morgan fingerprint density at radius 1 is 0.911 bits per heavy atom. The van der Waals surface area contributed by atoms with Crippen LogP contribution in [0.5, 0.6) is 0 Å². The van der Waals surface area contributed by atoms with E-state index in [9.17, 15) is 19.5 Å². The highest BCUT2D eigenvalue weighted by atomic mass is 16.6. The first kappa shape index (κ1) is 32.4. The van der Waals surface area contributed by atoms with Gasteiger partial charge in [-0.2, -0.15) is 0 Å². The van der Waals surface area contributed by atoms with Crippen molar-refractivity contribution >= 4 is 12.2 Å². The lowest BCUT2D eigenvalue weighted by atomic mass is 9.43. The second-order valence-corrected chi connectivity index (χ2v) is 16.0. The first-order valence-electron chi connectivity index (χ1n) is 17.6. The predicted octanol–water partition coefficient (Wildman–Crippen LogP) is 6.67. The van der Waals surface area contributed by atoms with Crippen LogP contribution in [0.2, 0.25) is 0 Å². The molecule has 0 unspecified atom stereocenters. The van der Waals surface area contributed by atoms with Gasteiger partial charge in [-0.15, -0.1) is 0 Å². The fraction of sp³-hybridized carbons (Fsp3) is 0.806. The van der Waals surface area contributed by atoms with Crippen molar-refractivity contribution in [2.24, 2.45) is 34.5 Å². The molecule has 6 rings (SSSR count). The fourth-order valence-electron chi connectivity index (χ4n) is 10.6. The van der Waals surface area contributed by atoms with Gasteiger partial charge in [-0.25, -0.2) is 14.4 Å². The Morgan fingerprint density at radius 3 is 2.29 bits per heavy atom. The summed E-state index contributed by atoms with van der Waals surface area (Å²) in [7, 11) is 0. The van der Waals surface area contributed by atoms with E-state index in [1.54, 1.807) is 6.26 Å². The molecular weight excluding hydrogens is 572 g/mol. The van der Waals surface area contributed by atoms with Gasteiger partial charge in [0, 0.05) is 23.6 Å². The molecule has 0 radical (unpaired) electrons. The molecule has 0 spiro atoms. The Labute approximate surface area is 267 Å². The minimum Gasteiger partial charge on any atom is -0.449 e. The molecule has 1 aromatic heterocycles. The average molecular weight is 627 g/mol. The van der Waals surface area contributed by atoms with Crippen LogP contribution in [0.3, 0.4) is 0 Å². The summed E-state index contributed by atoms with van der Waals surface area (Å²) in [5.74, 6) is 1.71. The second kappa shape index (κ2) is 12.6. The van der Waals surface area contributed by atoms with Gasteiger partial charge in [0.05, 0.1) is 18.5 Å². The summed E-state index contributed by atoms with van der Waals surface area (Å²) < 4.78 is 16.5. The van der Waals surface area contributed by atoms with Gasteiger partial charge in [0.25, 0.3) is 0 Å². The van der Waals surface area contributed by atoms with Crippen molar-refractivity contribution in [2.75, 3.05) is 6.61 Å². The van der Waals surface area contributed by atoms with Gasteiger partial charge in [-0.1, -0.05) is 27.7 Å². The van der Waals surface area contributed by atoms with Crippen LogP contribution in [-0.2, 0) is 9.47 Å². The second-order valence-electron chi connectivity index (χ2n) is 16.0. The van der Waals surface area contributed by atoms with Crippen LogP contribution in [0.15, 0.2) is 27.6 Å². The smallest absolute Gasteiger partial charge is 0.407 e. The molecular formula is C36H54N2O7. The molecule has 45 heavy (non-hydrogen) atoms. The third-order valence-corrected chi connectivity index (χ3v) is 13.1. The number of ether oxygens (including phenoxy) is 2. The van der Waals surface area contributed by atoms with Crippen molar-refractivity contribution in [1.29, 1.82) is 0 Å². The number of carbonyl (C=O) groups excluding carboxylic acids is 2. The van der Waals surface area contributed by atoms with Gasteiger partial charge in [-0.05, 0) is 130 Å². The number of amides is 2. The molecule has 8 atom stereocenters. The number of hydrogen-bond acceptors (Lipinski definition) is 7. The van der Waals surface area contributed by atoms with E-state index in [1.807, 2.05) is 19.9 Å². The first-order chi connectivity index (χ1) is 21.4. The summed E-state index contributed by atoms with van der Waals surface area (Å²) in [4.78, 5) is 36.5. The SMILES string of the molecule is CC(C)COC(=O)NC1CCC(NC(=O)O[C@H]2CC[C@@]3(C)[C@H](CC[C@@H]4[C@@H]3CC[C@]3(C)[C@@H](c5ccc(=O)oc5)CC[C@]43O)C2)CC1. The molecule has 5 aliphatic carbocycles. The van der Waals surface area contributed by atoms with Gasteiger partial charge in [0.1, 0.15) is 6.10 Å². The van der Waals surface area contributed by atoms with E-state index in [-0.39, 0.29) is 58.7 Å². The number of carbonyl (C=O) groups is 2. The Balaban J connectivity index is 1.00. The third-order valence-electron chi connectivity index (χ3n) is 13.1. The van der Waals surface area contributed by atoms with Crippen molar-refractivity contribution in [3.8, 4) is 0 Å².